The molecule has 0 saturated carbocycles. The highest BCUT2D eigenvalue weighted by Crippen LogP contribution is 2.20. The number of nitrogens with zero attached hydrogens (tertiary/aromatic N) is 1. The number of carbonyl (C=O) groups is 1. The van der Waals surface area contributed by atoms with E-state index >= 15 is 0 Å². The molecule has 3 aromatic carbocycles. The molecule has 3 rings (SSSR count). The zero-order valence-corrected chi connectivity index (χ0v) is 13.4. The number of fused-ring (bicyclic) bond motifs is 1. The third-order valence-electron chi connectivity index (χ3n) is 3.57. The average Bonchev–Trinajstić information content (AvgIpc) is 2.61. The van der Waals surface area contributed by atoms with Crippen LogP contribution in [0, 0.1) is 6.92 Å². The highest BCUT2D eigenvalue weighted by atomic mass is 16.5. The second-order valence-electron chi connectivity index (χ2n) is 5.50. The van der Waals surface area contributed by atoms with Crippen LogP contribution in [0.15, 0.2) is 71.8 Å². The van der Waals surface area contributed by atoms with Crippen molar-refractivity contribution in [2.75, 3.05) is 6.61 Å². The van der Waals surface area contributed by atoms with Gasteiger partial charge in [0.2, 0.25) is 0 Å². The van der Waals surface area contributed by atoms with E-state index in [4.69, 9.17) is 4.74 Å². The zero-order chi connectivity index (χ0) is 16.8. The molecule has 0 atom stereocenters. The van der Waals surface area contributed by atoms with Gasteiger partial charge in [0.25, 0.3) is 5.91 Å². The fourth-order valence-corrected chi connectivity index (χ4v) is 2.27. The van der Waals surface area contributed by atoms with Crippen LogP contribution >= 0.6 is 0 Å². The van der Waals surface area contributed by atoms with Gasteiger partial charge in [0.1, 0.15) is 5.75 Å². The largest absolute Gasteiger partial charge is 0.484 e. The smallest absolute Gasteiger partial charge is 0.277 e. The van der Waals surface area contributed by atoms with Crippen molar-refractivity contribution in [3.8, 4) is 5.75 Å². The summed E-state index contributed by atoms with van der Waals surface area (Å²) in [5.41, 5.74) is 4.57. The number of rotatable bonds is 5. The molecule has 0 radical (unpaired) electrons. The predicted molar refractivity (Wildman–Crippen MR) is 96.4 cm³/mol. The summed E-state index contributed by atoms with van der Waals surface area (Å²) in [4.78, 5) is 11.8. The lowest BCUT2D eigenvalue weighted by molar-refractivity contribution is -0.123. The molecule has 0 fully saturated rings. The van der Waals surface area contributed by atoms with Gasteiger partial charge in [0.15, 0.2) is 6.61 Å². The molecule has 3 aromatic rings. The lowest BCUT2D eigenvalue weighted by Gasteiger charge is -2.06. The number of carbonyl (C=O) groups excluding carboxylic acids is 1. The first-order valence-electron chi connectivity index (χ1n) is 7.71. The van der Waals surface area contributed by atoms with E-state index in [9.17, 15) is 4.79 Å². The fraction of sp³-hybridized carbons (Fsp3) is 0.100. The third-order valence-corrected chi connectivity index (χ3v) is 3.57. The maximum absolute atomic E-state index is 11.8. The minimum absolute atomic E-state index is 0.0798. The molecule has 120 valence electrons. The second-order valence-corrected chi connectivity index (χ2v) is 5.50. The van der Waals surface area contributed by atoms with Gasteiger partial charge in [0.05, 0.1) is 6.21 Å². The Labute approximate surface area is 140 Å². The number of amides is 1. The molecule has 0 aliphatic carbocycles. The highest BCUT2D eigenvalue weighted by Gasteiger charge is 2.02. The molecule has 0 bridgehead atoms. The van der Waals surface area contributed by atoms with Crippen LogP contribution in [0.1, 0.15) is 11.1 Å². The summed E-state index contributed by atoms with van der Waals surface area (Å²) in [7, 11) is 0. The van der Waals surface area contributed by atoms with Gasteiger partial charge in [-0.25, -0.2) is 5.43 Å². The number of benzene rings is 3. The van der Waals surface area contributed by atoms with E-state index in [1.165, 1.54) is 5.56 Å². The maximum Gasteiger partial charge on any atom is 0.277 e. The first-order valence-corrected chi connectivity index (χ1v) is 7.71. The van der Waals surface area contributed by atoms with Crippen molar-refractivity contribution in [1.29, 1.82) is 0 Å². The van der Waals surface area contributed by atoms with Crippen LogP contribution in [0.25, 0.3) is 10.8 Å². The Bertz CT molecular complexity index is 870. The Morgan fingerprint density at radius 3 is 2.58 bits per heavy atom. The normalized spacial score (nSPS) is 10.9. The van der Waals surface area contributed by atoms with Gasteiger partial charge in [-0.15, -0.1) is 0 Å². The number of hydrazone groups is 1. The van der Waals surface area contributed by atoms with E-state index in [1.807, 2.05) is 73.7 Å². The predicted octanol–water partition coefficient (Wildman–Crippen LogP) is 3.68. The van der Waals surface area contributed by atoms with Gasteiger partial charge in [-0.05, 0) is 35.4 Å². The number of nitrogens with one attached hydrogen (secondary N) is 1. The Morgan fingerprint density at radius 2 is 1.79 bits per heavy atom. The molecule has 1 N–H and O–H groups in total. The summed E-state index contributed by atoms with van der Waals surface area (Å²) in [5, 5.41) is 6.14. The minimum Gasteiger partial charge on any atom is -0.484 e. The van der Waals surface area contributed by atoms with E-state index in [1.54, 1.807) is 6.21 Å². The van der Waals surface area contributed by atoms with Gasteiger partial charge >= 0.3 is 0 Å². The Hall–Kier alpha value is -3.14. The first-order chi connectivity index (χ1) is 11.7. The Kier molecular flexibility index (Phi) is 4.87. The number of aryl methyl sites for hydroxylation is 1. The fourth-order valence-electron chi connectivity index (χ4n) is 2.27. The summed E-state index contributed by atoms with van der Waals surface area (Å²) in [5.74, 6) is 0.359. The molecule has 0 aliphatic rings. The molecule has 4 nitrogen and oxygen atoms in total. The molecule has 1 amide bonds. The molecule has 0 unspecified atom stereocenters. The van der Waals surface area contributed by atoms with Crippen LogP contribution in [0.3, 0.4) is 0 Å². The number of hydrogen-bond acceptors (Lipinski definition) is 3. The molecule has 0 saturated heterocycles. The van der Waals surface area contributed by atoms with Crippen LogP contribution in [0.4, 0.5) is 0 Å². The summed E-state index contributed by atoms with van der Waals surface area (Å²) in [6, 6.07) is 21.6. The quantitative estimate of drug-likeness (QED) is 0.576. The van der Waals surface area contributed by atoms with Crippen molar-refractivity contribution >= 4 is 22.9 Å². The highest BCUT2D eigenvalue weighted by molar-refractivity contribution is 5.84. The van der Waals surface area contributed by atoms with E-state index in [-0.39, 0.29) is 12.5 Å². The van der Waals surface area contributed by atoms with Crippen LogP contribution in [-0.4, -0.2) is 18.7 Å². The summed E-state index contributed by atoms with van der Waals surface area (Å²) >= 11 is 0. The van der Waals surface area contributed by atoms with Gasteiger partial charge in [-0.1, -0.05) is 60.2 Å². The van der Waals surface area contributed by atoms with Crippen molar-refractivity contribution in [3.05, 3.63) is 77.9 Å². The standard InChI is InChI=1S/C20H18N2O2/c1-15-6-8-16(9-7-15)13-21-22-20(23)14-24-19-11-10-17-4-2-3-5-18(17)12-19/h2-13H,14H2,1H3,(H,22,23)/b21-13+. The third kappa shape index (κ3) is 4.20. The van der Waals surface area contributed by atoms with Gasteiger partial charge in [-0.2, -0.15) is 5.10 Å². The SMILES string of the molecule is Cc1ccc(/C=N/NC(=O)COc2ccc3ccccc3c2)cc1. The minimum atomic E-state index is -0.300. The van der Waals surface area contributed by atoms with Crippen LogP contribution < -0.4 is 10.2 Å². The van der Waals surface area contributed by atoms with Crippen molar-refractivity contribution in [2.24, 2.45) is 5.10 Å². The molecule has 0 aliphatic heterocycles. The topological polar surface area (TPSA) is 50.7 Å². The van der Waals surface area contributed by atoms with Crippen LogP contribution in [0.5, 0.6) is 5.75 Å². The number of hydrogen-bond donors (Lipinski definition) is 1. The van der Waals surface area contributed by atoms with Crippen molar-refractivity contribution in [2.45, 2.75) is 6.92 Å². The molecular formula is C20H18N2O2. The monoisotopic (exact) mass is 318 g/mol. The summed E-state index contributed by atoms with van der Waals surface area (Å²) in [6.07, 6.45) is 1.60. The van der Waals surface area contributed by atoms with Gasteiger partial charge in [-0.3, -0.25) is 4.79 Å². The molecule has 0 spiro atoms. The maximum atomic E-state index is 11.8. The van der Waals surface area contributed by atoms with Gasteiger partial charge in [0, 0.05) is 0 Å². The van der Waals surface area contributed by atoms with E-state index in [2.05, 4.69) is 10.5 Å². The van der Waals surface area contributed by atoms with Crippen LogP contribution in [0.2, 0.25) is 0 Å². The zero-order valence-electron chi connectivity index (χ0n) is 13.4. The number of ether oxygens (including phenoxy) is 1. The molecule has 0 heterocycles. The van der Waals surface area contributed by atoms with E-state index in [0.29, 0.717) is 5.75 Å². The van der Waals surface area contributed by atoms with Gasteiger partial charge < -0.3 is 4.74 Å². The van der Waals surface area contributed by atoms with Crippen molar-refractivity contribution in [3.63, 3.8) is 0 Å². The average molecular weight is 318 g/mol. The van der Waals surface area contributed by atoms with E-state index in [0.717, 1.165) is 16.3 Å². The lowest BCUT2D eigenvalue weighted by atomic mass is 10.1. The van der Waals surface area contributed by atoms with Crippen LogP contribution in [-0.2, 0) is 4.79 Å². The van der Waals surface area contributed by atoms with Crippen molar-refractivity contribution < 1.29 is 9.53 Å². The molecule has 24 heavy (non-hydrogen) atoms. The second kappa shape index (κ2) is 7.42. The summed E-state index contributed by atoms with van der Waals surface area (Å²) in [6.45, 7) is 1.94. The molecule has 4 heteroatoms. The van der Waals surface area contributed by atoms with Crippen molar-refractivity contribution in [1.82, 2.24) is 5.43 Å². The summed E-state index contributed by atoms with van der Waals surface area (Å²) < 4.78 is 5.51. The van der Waals surface area contributed by atoms with E-state index < -0.39 is 0 Å². The molecular weight excluding hydrogens is 300 g/mol. The Morgan fingerprint density at radius 1 is 1.04 bits per heavy atom. The Balaban J connectivity index is 1.52. The lowest BCUT2D eigenvalue weighted by Crippen LogP contribution is -2.24. The molecule has 0 aromatic heterocycles. The first kappa shape index (κ1) is 15.7.